The van der Waals surface area contributed by atoms with Gasteiger partial charge in [0.2, 0.25) is 11.9 Å². The number of anilines is 2. The van der Waals surface area contributed by atoms with E-state index in [-0.39, 0.29) is 17.7 Å². The average molecular weight is 507 g/mol. The molecular weight excluding hydrogens is 476 g/mol. The van der Waals surface area contributed by atoms with Crippen molar-refractivity contribution in [2.75, 3.05) is 11.9 Å². The van der Waals surface area contributed by atoms with Gasteiger partial charge < -0.3 is 10.2 Å². The van der Waals surface area contributed by atoms with Gasteiger partial charge in [-0.3, -0.25) is 14.3 Å². The molecule has 1 N–H and O–H groups in total. The van der Waals surface area contributed by atoms with E-state index in [4.69, 9.17) is 4.98 Å². The highest BCUT2D eigenvalue weighted by Crippen LogP contribution is 2.26. The fraction of sp³-hybridized carbons (Fsp3) is 0.233. The van der Waals surface area contributed by atoms with Gasteiger partial charge in [0.25, 0.3) is 0 Å². The third kappa shape index (κ3) is 5.54. The Hall–Kier alpha value is -4.59. The Morgan fingerprint density at radius 3 is 2.61 bits per heavy atom. The van der Waals surface area contributed by atoms with Gasteiger partial charge in [0.05, 0.1) is 11.9 Å². The number of carbonyl (C=O) groups is 2. The number of benzene rings is 2. The second-order valence-corrected chi connectivity index (χ2v) is 9.71. The summed E-state index contributed by atoms with van der Waals surface area (Å²) in [5.41, 5.74) is 6.50. The first kappa shape index (κ1) is 25.1. The molecule has 0 saturated carbocycles. The highest BCUT2D eigenvalue weighted by Gasteiger charge is 2.20. The third-order valence-corrected chi connectivity index (χ3v) is 6.60. The molecular formula is C30H30N6O2. The quantitative estimate of drug-likeness (QED) is 0.270. The Labute approximate surface area is 222 Å². The minimum atomic E-state index is -0.178. The lowest BCUT2D eigenvalue weighted by Gasteiger charge is -2.28. The molecule has 0 fully saturated rings. The molecule has 0 unspecified atom stereocenters. The Morgan fingerprint density at radius 2 is 1.84 bits per heavy atom. The van der Waals surface area contributed by atoms with Gasteiger partial charge in [-0.15, -0.1) is 0 Å². The Morgan fingerprint density at radius 1 is 1.03 bits per heavy atom. The highest BCUT2D eigenvalue weighted by atomic mass is 16.2. The van der Waals surface area contributed by atoms with E-state index >= 15 is 0 Å². The standard InChI is InChI=1S/C30H30N6O2/c1-20(2)36-19-25(17-32-36)29-21(3)16-31-30(34-29)33-26-10-9-24-18-35(14-13-23(24)15-26)28(38)12-11-27(37)22-7-5-4-6-8-22/h4-12,15-17,19-20H,13-14,18H2,1-3H3,(H,31,33,34)/b12-11+. The van der Waals surface area contributed by atoms with Crippen molar-refractivity contribution < 1.29 is 9.59 Å². The van der Waals surface area contributed by atoms with Gasteiger partial charge in [-0.25, -0.2) is 9.97 Å². The molecule has 8 nitrogen and oxygen atoms in total. The van der Waals surface area contributed by atoms with Crippen LogP contribution in [0, 0.1) is 6.92 Å². The summed E-state index contributed by atoms with van der Waals surface area (Å²) in [6.07, 6.45) is 9.10. The van der Waals surface area contributed by atoms with E-state index in [0.29, 0.717) is 24.6 Å². The van der Waals surface area contributed by atoms with Crippen molar-refractivity contribution >= 4 is 23.3 Å². The number of carbonyl (C=O) groups excluding carboxylic acids is 2. The summed E-state index contributed by atoms with van der Waals surface area (Å²) in [6, 6.07) is 15.3. The van der Waals surface area contributed by atoms with E-state index in [2.05, 4.69) is 35.3 Å². The second kappa shape index (κ2) is 10.8. The fourth-order valence-corrected chi connectivity index (χ4v) is 4.44. The number of amides is 1. The van der Waals surface area contributed by atoms with Crippen molar-refractivity contribution in [3.05, 3.63) is 102 Å². The molecule has 2 aromatic heterocycles. The number of nitrogens with zero attached hydrogens (tertiary/aromatic N) is 5. The fourth-order valence-electron chi connectivity index (χ4n) is 4.44. The van der Waals surface area contributed by atoms with Crippen molar-refractivity contribution in [1.82, 2.24) is 24.6 Å². The van der Waals surface area contributed by atoms with Gasteiger partial charge in [-0.05, 0) is 62.1 Å². The minimum Gasteiger partial charge on any atom is -0.334 e. The van der Waals surface area contributed by atoms with E-state index in [9.17, 15) is 9.59 Å². The maximum absolute atomic E-state index is 12.7. The van der Waals surface area contributed by atoms with Crippen molar-refractivity contribution in [3.63, 3.8) is 0 Å². The molecule has 0 radical (unpaired) electrons. The lowest BCUT2D eigenvalue weighted by Crippen LogP contribution is -2.34. The summed E-state index contributed by atoms with van der Waals surface area (Å²) >= 11 is 0. The summed E-state index contributed by atoms with van der Waals surface area (Å²) in [5, 5.41) is 7.76. The van der Waals surface area contributed by atoms with Crippen LogP contribution < -0.4 is 5.32 Å². The summed E-state index contributed by atoms with van der Waals surface area (Å²) in [6.45, 7) is 7.26. The van der Waals surface area contributed by atoms with Crippen LogP contribution in [0.3, 0.4) is 0 Å². The molecule has 192 valence electrons. The number of aryl methyl sites for hydroxylation is 1. The molecule has 4 aromatic rings. The number of hydrogen-bond donors (Lipinski definition) is 1. The van der Waals surface area contributed by atoms with E-state index in [1.54, 1.807) is 29.2 Å². The number of rotatable bonds is 7. The molecule has 5 rings (SSSR count). The largest absolute Gasteiger partial charge is 0.334 e. The zero-order chi connectivity index (χ0) is 26.6. The summed E-state index contributed by atoms with van der Waals surface area (Å²) in [7, 11) is 0. The number of allylic oxidation sites excluding steroid dienone is 1. The SMILES string of the molecule is Cc1cnc(Nc2ccc3c(c2)CCN(C(=O)/C=C/C(=O)c2ccccc2)C3)nc1-c1cnn(C(C)C)c1. The molecule has 1 aliphatic rings. The molecule has 1 aliphatic heterocycles. The van der Waals surface area contributed by atoms with Crippen molar-refractivity contribution in [2.24, 2.45) is 0 Å². The number of hydrogen-bond acceptors (Lipinski definition) is 6. The van der Waals surface area contributed by atoms with Crippen LogP contribution in [0.15, 0.2) is 79.3 Å². The van der Waals surface area contributed by atoms with Crippen LogP contribution in [0.25, 0.3) is 11.3 Å². The first-order valence-electron chi connectivity index (χ1n) is 12.7. The van der Waals surface area contributed by atoms with Crippen LogP contribution >= 0.6 is 0 Å². The van der Waals surface area contributed by atoms with Gasteiger partial charge in [0.15, 0.2) is 5.78 Å². The van der Waals surface area contributed by atoms with E-state index in [1.807, 2.05) is 48.4 Å². The van der Waals surface area contributed by atoms with E-state index < -0.39 is 0 Å². The molecule has 3 heterocycles. The summed E-state index contributed by atoms with van der Waals surface area (Å²) in [4.78, 5) is 36.0. The molecule has 1 amide bonds. The molecule has 2 aromatic carbocycles. The van der Waals surface area contributed by atoms with Gasteiger partial charge in [-0.2, -0.15) is 5.10 Å². The lowest BCUT2D eigenvalue weighted by molar-refractivity contribution is -0.126. The maximum Gasteiger partial charge on any atom is 0.247 e. The summed E-state index contributed by atoms with van der Waals surface area (Å²) in [5.74, 6) is 0.175. The number of nitrogens with one attached hydrogen (secondary N) is 1. The topological polar surface area (TPSA) is 93.0 Å². The predicted molar refractivity (Wildman–Crippen MR) is 147 cm³/mol. The zero-order valence-electron chi connectivity index (χ0n) is 21.8. The van der Waals surface area contributed by atoms with Crippen LogP contribution in [0.4, 0.5) is 11.6 Å². The normalized spacial score (nSPS) is 13.1. The predicted octanol–water partition coefficient (Wildman–Crippen LogP) is 5.30. The molecule has 8 heteroatoms. The molecule has 0 atom stereocenters. The Bertz CT molecular complexity index is 1510. The average Bonchev–Trinajstić information content (AvgIpc) is 3.43. The summed E-state index contributed by atoms with van der Waals surface area (Å²) < 4.78 is 1.92. The highest BCUT2D eigenvalue weighted by molar-refractivity contribution is 6.07. The van der Waals surface area contributed by atoms with Gasteiger partial charge in [0, 0.05) is 54.4 Å². The van der Waals surface area contributed by atoms with Crippen molar-refractivity contribution in [2.45, 2.75) is 39.8 Å². The lowest BCUT2D eigenvalue weighted by atomic mass is 9.99. The van der Waals surface area contributed by atoms with Crippen LogP contribution in [-0.2, 0) is 17.8 Å². The van der Waals surface area contributed by atoms with Crippen LogP contribution in [-0.4, -0.2) is 42.9 Å². The van der Waals surface area contributed by atoms with Gasteiger partial charge in [-0.1, -0.05) is 36.4 Å². The first-order chi connectivity index (χ1) is 18.4. The second-order valence-electron chi connectivity index (χ2n) is 9.71. The number of aromatic nitrogens is 4. The van der Waals surface area contributed by atoms with Crippen molar-refractivity contribution in [3.8, 4) is 11.3 Å². The zero-order valence-corrected chi connectivity index (χ0v) is 21.8. The molecule has 0 aliphatic carbocycles. The van der Waals surface area contributed by atoms with Gasteiger partial charge >= 0.3 is 0 Å². The number of fused-ring (bicyclic) bond motifs is 1. The van der Waals surface area contributed by atoms with Gasteiger partial charge in [0.1, 0.15) is 0 Å². The van der Waals surface area contributed by atoms with Crippen LogP contribution in [0.5, 0.6) is 0 Å². The molecule has 0 bridgehead atoms. The minimum absolute atomic E-state index is 0.163. The van der Waals surface area contributed by atoms with E-state index in [0.717, 1.165) is 34.5 Å². The molecule has 0 spiro atoms. The molecule has 0 saturated heterocycles. The first-order valence-corrected chi connectivity index (χ1v) is 12.7. The smallest absolute Gasteiger partial charge is 0.247 e. The van der Waals surface area contributed by atoms with Crippen LogP contribution in [0.2, 0.25) is 0 Å². The van der Waals surface area contributed by atoms with Crippen molar-refractivity contribution in [1.29, 1.82) is 0 Å². The third-order valence-electron chi connectivity index (χ3n) is 6.60. The monoisotopic (exact) mass is 506 g/mol. The maximum atomic E-state index is 12.7. The van der Waals surface area contributed by atoms with E-state index in [1.165, 1.54) is 17.7 Å². The Balaban J connectivity index is 1.25. The number of ketones is 1. The van der Waals surface area contributed by atoms with Crippen LogP contribution in [0.1, 0.15) is 46.9 Å². The Kier molecular flexibility index (Phi) is 7.13. The molecule has 38 heavy (non-hydrogen) atoms.